The lowest BCUT2D eigenvalue weighted by molar-refractivity contribution is 0.590. The Labute approximate surface area is 102 Å². The van der Waals surface area contributed by atoms with E-state index in [4.69, 9.17) is 10.9 Å². The third-order valence-corrected chi connectivity index (χ3v) is 3.48. The minimum atomic E-state index is -3.92. The van der Waals surface area contributed by atoms with Crippen LogP contribution in [0.2, 0.25) is 0 Å². The van der Waals surface area contributed by atoms with Crippen LogP contribution in [0.15, 0.2) is 30.6 Å². The van der Waals surface area contributed by atoms with Crippen molar-refractivity contribution in [1.82, 2.24) is 13.9 Å². The Balaban J connectivity index is 2.64. The molecular weight excluding hydrogens is 254 g/mol. The maximum atomic E-state index is 11.5. The normalized spacial score (nSPS) is 12.3. The van der Waals surface area contributed by atoms with E-state index in [0.29, 0.717) is 21.9 Å². The standard InChI is InChI=1S/C10H9N5O2S/c11-10-8-9(15(5-13-8)18(12,16)17)6-3-1-2-4-7(6)14-10/h1-5H,(H2,11,14)(H2,12,16,17). The fourth-order valence-corrected chi connectivity index (χ4v) is 2.53. The summed E-state index contributed by atoms with van der Waals surface area (Å²) in [5, 5.41) is 5.77. The second kappa shape index (κ2) is 3.40. The van der Waals surface area contributed by atoms with Gasteiger partial charge in [0.25, 0.3) is 0 Å². The van der Waals surface area contributed by atoms with E-state index in [-0.39, 0.29) is 5.82 Å². The Morgan fingerprint density at radius 3 is 2.67 bits per heavy atom. The third kappa shape index (κ3) is 1.43. The molecule has 1 aromatic carbocycles. The van der Waals surface area contributed by atoms with Gasteiger partial charge < -0.3 is 5.73 Å². The molecule has 0 saturated heterocycles. The average molecular weight is 263 g/mol. The van der Waals surface area contributed by atoms with E-state index in [1.54, 1.807) is 24.3 Å². The van der Waals surface area contributed by atoms with Crippen molar-refractivity contribution < 1.29 is 8.42 Å². The zero-order valence-corrected chi connectivity index (χ0v) is 9.92. The molecule has 0 amide bonds. The summed E-state index contributed by atoms with van der Waals surface area (Å²) < 4.78 is 23.9. The van der Waals surface area contributed by atoms with Crippen LogP contribution in [0.1, 0.15) is 0 Å². The van der Waals surface area contributed by atoms with Crippen LogP contribution >= 0.6 is 0 Å². The lowest BCUT2D eigenvalue weighted by Crippen LogP contribution is -2.20. The number of anilines is 1. The highest BCUT2D eigenvalue weighted by atomic mass is 32.2. The second-order valence-corrected chi connectivity index (χ2v) is 5.22. The van der Waals surface area contributed by atoms with E-state index in [1.807, 2.05) is 0 Å². The number of pyridine rings is 1. The summed E-state index contributed by atoms with van der Waals surface area (Å²) in [4.78, 5) is 8.12. The van der Waals surface area contributed by atoms with E-state index in [1.165, 1.54) is 0 Å². The molecule has 0 bridgehead atoms. The molecular formula is C10H9N5O2S. The second-order valence-electron chi connectivity index (χ2n) is 3.80. The molecule has 0 atom stereocenters. The van der Waals surface area contributed by atoms with Crippen LogP contribution in [0, 0.1) is 0 Å². The zero-order chi connectivity index (χ0) is 12.9. The van der Waals surface area contributed by atoms with Crippen LogP contribution in [-0.2, 0) is 10.2 Å². The first-order valence-electron chi connectivity index (χ1n) is 5.03. The number of benzene rings is 1. The number of fused-ring (bicyclic) bond motifs is 3. The van der Waals surface area contributed by atoms with Crippen LogP contribution < -0.4 is 10.9 Å². The molecule has 0 spiro atoms. The predicted molar refractivity (Wildman–Crippen MR) is 68.0 cm³/mol. The molecule has 0 aliphatic carbocycles. The molecule has 0 aliphatic heterocycles. The van der Waals surface area contributed by atoms with Gasteiger partial charge in [0.15, 0.2) is 5.82 Å². The van der Waals surface area contributed by atoms with Crippen LogP contribution in [0.5, 0.6) is 0 Å². The van der Waals surface area contributed by atoms with Crippen molar-refractivity contribution in [3.8, 4) is 0 Å². The molecule has 92 valence electrons. The minimum Gasteiger partial charge on any atom is -0.382 e. The molecule has 18 heavy (non-hydrogen) atoms. The first-order valence-corrected chi connectivity index (χ1v) is 6.53. The fraction of sp³-hybridized carbons (Fsp3) is 0. The van der Waals surface area contributed by atoms with Crippen LogP contribution in [-0.4, -0.2) is 22.4 Å². The van der Waals surface area contributed by atoms with E-state index in [9.17, 15) is 8.42 Å². The lowest BCUT2D eigenvalue weighted by atomic mass is 10.2. The number of rotatable bonds is 1. The number of nitrogens with zero attached hydrogens (tertiary/aromatic N) is 3. The molecule has 0 fully saturated rings. The number of hydrogen-bond donors (Lipinski definition) is 2. The number of imidazole rings is 1. The highest BCUT2D eigenvalue weighted by molar-refractivity contribution is 7.87. The summed E-state index contributed by atoms with van der Waals surface area (Å²) in [5.41, 5.74) is 7.02. The summed E-state index contributed by atoms with van der Waals surface area (Å²) >= 11 is 0. The molecule has 0 radical (unpaired) electrons. The summed E-state index contributed by atoms with van der Waals surface area (Å²) in [6.07, 6.45) is 1.13. The summed E-state index contributed by atoms with van der Waals surface area (Å²) in [7, 11) is -3.92. The van der Waals surface area contributed by atoms with Gasteiger partial charge in [-0.3, -0.25) is 0 Å². The van der Waals surface area contributed by atoms with Crippen molar-refractivity contribution in [2.75, 3.05) is 5.73 Å². The Bertz CT molecular complexity index is 868. The van der Waals surface area contributed by atoms with E-state index >= 15 is 0 Å². The molecule has 8 heteroatoms. The highest BCUT2D eigenvalue weighted by Crippen LogP contribution is 2.27. The Kier molecular flexibility index (Phi) is 2.07. The van der Waals surface area contributed by atoms with Gasteiger partial charge in [-0.25, -0.2) is 19.1 Å². The Hall–Kier alpha value is -2.19. The lowest BCUT2D eigenvalue weighted by Gasteiger charge is -2.05. The zero-order valence-electron chi connectivity index (χ0n) is 9.11. The van der Waals surface area contributed by atoms with Crippen molar-refractivity contribution in [2.45, 2.75) is 0 Å². The van der Waals surface area contributed by atoms with Gasteiger partial charge in [0, 0.05) is 5.39 Å². The SMILES string of the molecule is Nc1nc2ccccc2c2c1ncn2S(N)(=O)=O. The molecule has 4 N–H and O–H groups in total. The minimum absolute atomic E-state index is 0.172. The molecule has 7 nitrogen and oxygen atoms in total. The van der Waals surface area contributed by atoms with Crippen molar-refractivity contribution >= 4 is 38.0 Å². The van der Waals surface area contributed by atoms with Gasteiger partial charge in [0.1, 0.15) is 11.8 Å². The smallest absolute Gasteiger partial charge is 0.304 e. The Morgan fingerprint density at radius 2 is 1.94 bits per heavy atom. The van der Waals surface area contributed by atoms with Crippen molar-refractivity contribution in [3.05, 3.63) is 30.6 Å². The van der Waals surface area contributed by atoms with Crippen LogP contribution in [0.25, 0.3) is 21.9 Å². The fourth-order valence-electron chi connectivity index (χ4n) is 1.91. The molecule has 2 aromatic heterocycles. The molecule has 0 unspecified atom stereocenters. The van der Waals surface area contributed by atoms with Gasteiger partial charge >= 0.3 is 10.2 Å². The van der Waals surface area contributed by atoms with E-state index in [2.05, 4.69) is 9.97 Å². The Morgan fingerprint density at radius 1 is 1.22 bits per heavy atom. The maximum absolute atomic E-state index is 11.5. The van der Waals surface area contributed by atoms with Crippen molar-refractivity contribution in [1.29, 1.82) is 0 Å². The average Bonchev–Trinajstić information content (AvgIpc) is 2.74. The molecule has 0 aliphatic rings. The summed E-state index contributed by atoms with van der Waals surface area (Å²) in [6.45, 7) is 0. The van der Waals surface area contributed by atoms with Gasteiger partial charge in [-0.2, -0.15) is 8.42 Å². The van der Waals surface area contributed by atoms with E-state index in [0.717, 1.165) is 10.3 Å². The predicted octanol–water partition coefficient (Wildman–Crippen LogP) is 0.218. The number of nitrogens with two attached hydrogens (primary N) is 2. The number of aromatic nitrogens is 3. The topological polar surface area (TPSA) is 117 Å². The first-order chi connectivity index (χ1) is 8.48. The van der Waals surface area contributed by atoms with Crippen LogP contribution in [0.4, 0.5) is 5.82 Å². The maximum Gasteiger partial charge on any atom is 0.304 e. The molecule has 0 saturated carbocycles. The van der Waals surface area contributed by atoms with Gasteiger partial charge in [0.05, 0.1) is 11.0 Å². The highest BCUT2D eigenvalue weighted by Gasteiger charge is 2.17. The molecule has 3 aromatic rings. The first kappa shape index (κ1) is 10.9. The number of hydrogen-bond acceptors (Lipinski definition) is 5. The largest absolute Gasteiger partial charge is 0.382 e. The van der Waals surface area contributed by atoms with Gasteiger partial charge in [-0.1, -0.05) is 18.2 Å². The summed E-state index contributed by atoms with van der Waals surface area (Å²) in [5.74, 6) is 0.172. The monoisotopic (exact) mass is 263 g/mol. The van der Waals surface area contributed by atoms with Gasteiger partial charge in [0.2, 0.25) is 0 Å². The van der Waals surface area contributed by atoms with Crippen molar-refractivity contribution in [3.63, 3.8) is 0 Å². The summed E-state index contributed by atoms with van der Waals surface area (Å²) in [6, 6.07) is 7.05. The van der Waals surface area contributed by atoms with E-state index < -0.39 is 10.2 Å². The third-order valence-electron chi connectivity index (χ3n) is 2.65. The van der Waals surface area contributed by atoms with Crippen molar-refractivity contribution in [2.24, 2.45) is 5.14 Å². The van der Waals surface area contributed by atoms with Gasteiger partial charge in [-0.05, 0) is 6.07 Å². The number of nitrogen functional groups attached to an aromatic ring is 1. The quantitative estimate of drug-likeness (QED) is 0.651. The molecule has 2 heterocycles. The van der Waals surface area contributed by atoms with Crippen LogP contribution in [0.3, 0.4) is 0 Å². The molecule has 3 rings (SSSR count). The van der Waals surface area contributed by atoms with Gasteiger partial charge in [-0.15, -0.1) is 0 Å². The number of para-hydroxylation sites is 1.